The van der Waals surface area contributed by atoms with E-state index in [1.165, 1.54) is 11.8 Å². The van der Waals surface area contributed by atoms with Crippen molar-refractivity contribution in [2.45, 2.75) is 12.8 Å². The van der Waals surface area contributed by atoms with Crippen molar-refractivity contribution in [2.75, 3.05) is 38.1 Å². The van der Waals surface area contributed by atoms with Crippen molar-refractivity contribution < 1.29 is 13.6 Å². The molecule has 0 bridgehead atoms. The quantitative estimate of drug-likeness (QED) is 0.751. The van der Waals surface area contributed by atoms with Crippen molar-refractivity contribution >= 4 is 17.5 Å². The maximum atomic E-state index is 13.4. The van der Waals surface area contributed by atoms with Gasteiger partial charge >= 0.3 is 0 Å². The number of likely N-dealkylation sites (N-methyl/N-ethyl adjacent to an activating group) is 1. The van der Waals surface area contributed by atoms with Crippen molar-refractivity contribution in [1.29, 1.82) is 0 Å². The molecule has 0 unspecified atom stereocenters. The maximum absolute atomic E-state index is 13.4. The van der Waals surface area contributed by atoms with E-state index in [1.54, 1.807) is 6.08 Å². The minimum Gasteiger partial charge on any atom is -0.369 e. The highest BCUT2D eigenvalue weighted by molar-refractivity contribution is 6.13. The normalized spacial score (nSPS) is 19.4. The number of aryl methyl sites for hydroxylation is 1. The van der Waals surface area contributed by atoms with Crippen LogP contribution in [0.5, 0.6) is 0 Å². The molecule has 0 aromatic heterocycles. The maximum Gasteiger partial charge on any atom is 0.189 e. The monoisotopic (exact) mass is 368 g/mol. The summed E-state index contributed by atoms with van der Waals surface area (Å²) in [6, 6.07) is 9.76. The van der Waals surface area contributed by atoms with Gasteiger partial charge in [0.25, 0.3) is 0 Å². The van der Waals surface area contributed by atoms with Gasteiger partial charge in [-0.15, -0.1) is 0 Å². The average Bonchev–Trinajstić information content (AvgIpc) is 2.67. The summed E-state index contributed by atoms with van der Waals surface area (Å²) in [6.07, 6.45) is 3.05. The number of anilines is 1. The van der Waals surface area contributed by atoms with Crippen molar-refractivity contribution in [3.05, 3.63) is 70.3 Å². The first-order chi connectivity index (χ1) is 13.0. The van der Waals surface area contributed by atoms with Crippen molar-refractivity contribution in [2.24, 2.45) is 0 Å². The molecule has 140 valence electrons. The standard InChI is InChI=1S/C22H22F2N2O/c1-25-8-10-26(11-9-25)18-5-6-19-16(14-18)3-4-17(22(19)27)12-15-2-7-20(23)21(24)13-15/h2,5-7,12-14H,3-4,8-11H2,1H3/b17-12+. The van der Waals surface area contributed by atoms with Crippen LogP contribution >= 0.6 is 0 Å². The third kappa shape index (κ3) is 3.65. The molecule has 2 aromatic carbocycles. The zero-order chi connectivity index (χ0) is 19.0. The Morgan fingerprint density at radius 2 is 1.70 bits per heavy atom. The molecule has 3 nitrogen and oxygen atoms in total. The van der Waals surface area contributed by atoms with Gasteiger partial charge in [0.2, 0.25) is 0 Å². The smallest absolute Gasteiger partial charge is 0.189 e. The predicted molar refractivity (Wildman–Crippen MR) is 103 cm³/mol. The molecular formula is C22H22F2N2O. The van der Waals surface area contributed by atoms with E-state index in [2.05, 4.69) is 22.9 Å². The fourth-order valence-electron chi connectivity index (χ4n) is 3.77. The number of ketones is 1. The molecule has 0 atom stereocenters. The lowest BCUT2D eigenvalue weighted by Crippen LogP contribution is -2.44. The van der Waals surface area contributed by atoms with Crippen molar-refractivity contribution in [1.82, 2.24) is 4.90 Å². The lowest BCUT2D eigenvalue weighted by atomic mass is 9.85. The van der Waals surface area contributed by atoms with E-state index in [-0.39, 0.29) is 5.78 Å². The molecule has 0 amide bonds. The number of hydrogen-bond acceptors (Lipinski definition) is 3. The number of carbonyl (C=O) groups excluding carboxylic acids is 1. The number of nitrogens with zero attached hydrogens (tertiary/aromatic N) is 2. The summed E-state index contributed by atoms with van der Waals surface area (Å²) in [5.74, 6) is -1.80. The molecule has 0 spiro atoms. The Morgan fingerprint density at radius 1 is 0.926 bits per heavy atom. The summed E-state index contributed by atoms with van der Waals surface area (Å²) >= 11 is 0. The van der Waals surface area contributed by atoms with Crippen LogP contribution in [0.3, 0.4) is 0 Å². The molecule has 0 saturated carbocycles. The van der Waals surface area contributed by atoms with Gasteiger partial charge in [0.1, 0.15) is 0 Å². The number of carbonyl (C=O) groups is 1. The SMILES string of the molecule is CN1CCN(c2ccc3c(c2)CC/C(=C\c2ccc(F)c(F)c2)C3=O)CC1. The average molecular weight is 368 g/mol. The predicted octanol–water partition coefficient (Wildman–Crippen LogP) is 3.93. The van der Waals surface area contributed by atoms with Crippen LogP contribution in [0, 0.1) is 11.6 Å². The zero-order valence-electron chi connectivity index (χ0n) is 15.3. The lowest BCUT2D eigenvalue weighted by molar-refractivity contribution is 0.102. The third-order valence-electron chi connectivity index (χ3n) is 5.44. The van der Waals surface area contributed by atoms with Crippen LogP contribution in [-0.4, -0.2) is 43.9 Å². The summed E-state index contributed by atoms with van der Waals surface area (Å²) in [4.78, 5) is 17.5. The minimum absolute atomic E-state index is 0.0223. The first-order valence-corrected chi connectivity index (χ1v) is 9.28. The van der Waals surface area contributed by atoms with Crippen LogP contribution < -0.4 is 4.90 Å². The van der Waals surface area contributed by atoms with E-state index in [0.29, 0.717) is 23.1 Å². The summed E-state index contributed by atoms with van der Waals surface area (Å²) < 4.78 is 26.5. The molecule has 27 heavy (non-hydrogen) atoms. The molecule has 2 aliphatic rings. The second-order valence-electron chi connectivity index (χ2n) is 7.30. The van der Waals surface area contributed by atoms with Crippen LogP contribution in [0.2, 0.25) is 0 Å². The summed E-state index contributed by atoms with van der Waals surface area (Å²) in [5, 5.41) is 0. The van der Waals surface area contributed by atoms with Crippen LogP contribution in [-0.2, 0) is 6.42 Å². The Labute approximate surface area is 157 Å². The number of benzene rings is 2. The molecular weight excluding hydrogens is 346 g/mol. The Hall–Kier alpha value is -2.53. The zero-order valence-corrected chi connectivity index (χ0v) is 15.3. The van der Waals surface area contributed by atoms with E-state index in [4.69, 9.17) is 0 Å². The summed E-state index contributed by atoms with van der Waals surface area (Å²) in [7, 11) is 2.13. The highest BCUT2D eigenvalue weighted by atomic mass is 19.2. The van der Waals surface area contributed by atoms with Gasteiger partial charge < -0.3 is 9.80 Å². The Balaban J connectivity index is 1.57. The molecule has 0 radical (unpaired) electrons. The van der Waals surface area contributed by atoms with Crippen molar-refractivity contribution in [3.8, 4) is 0 Å². The largest absolute Gasteiger partial charge is 0.369 e. The number of halogens is 2. The van der Waals surface area contributed by atoms with E-state index in [9.17, 15) is 13.6 Å². The van der Waals surface area contributed by atoms with Gasteiger partial charge in [-0.1, -0.05) is 6.07 Å². The molecule has 0 N–H and O–H groups in total. The van der Waals surface area contributed by atoms with Gasteiger partial charge in [-0.25, -0.2) is 8.78 Å². The van der Waals surface area contributed by atoms with Gasteiger partial charge in [0.15, 0.2) is 17.4 Å². The first kappa shape index (κ1) is 17.9. The Bertz CT molecular complexity index is 915. The minimum atomic E-state index is -0.898. The van der Waals surface area contributed by atoms with Gasteiger partial charge in [-0.2, -0.15) is 0 Å². The lowest BCUT2D eigenvalue weighted by Gasteiger charge is -2.34. The van der Waals surface area contributed by atoms with Gasteiger partial charge in [-0.3, -0.25) is 4.79 Å². The Kier molecular flexibility index (Phi) is 4.79. The van der Waals surface area contributed by atoms with Crippen molar-refractivity contribution in [3.63, 3.8) is 0 Å². The molecule has 1 saturated heterocycles. The van der Waals surface area contributed by atoms with E-state index in [1.807, 2.05) is 12.1 Å². The molecule has 1 fully saturated rings. The molecule has 1 heterocycles. The van der Waals surface area contributed by atoms with Crippen LogP contribution in [0.4, 0.5) is 14.5 Å². The van der Waals surface area contributed by atoms with E-state index in [0.717, 1.165) is 50.3 Å². The molecule has 5 heteroatoms. The molecule has 2 aromatic rings. The van der Waals surface area contributed by atoms with Crippen LogP contribution in [0.15, 0.2) is 42.0 Å². The fourth-order valence-corrected chi connectivity index (χ4v) is 3.77. The van der Waals surface area contributed by atoms with Crippen LogP contribution in [0.1, 0.15) is 27.9 Å². The number of Topliss-reactive ketones (excluding diaryl/α,β-unsaturated/α-hetero) is 1. The third-order valence-corrected chi connectivity index (χ3v) is 5.44. The molecule has 1 aliphatic carbocycles. The number of hydrogen-bond donors (Lipinski definition) is 0. The highest BCUT2D eigenvalue weighted by Crippen LogP contribution is 2.30. The molecule has 1 aliphatic heterocycles. The highest BCUT2D eigenvalue weighted by Gasteiger charge is 2.23. The van der Waals surface area contributed by atoms with Gasteiger partial charge in [-0.05, 0) is 67.4 Å². The van der Waals surface area contributed by atoms with Gasteiger partial charge in [0, 0.05) is 43.0 Å². The second-order valence-corrected chi connectivity index (χ2v) is 7.30. The van der Waals surface area contributed by atoms with Crippen LogP contribution in [0.25, 0.3) is 6.08 Å². The number of piperazine rings is 1. The van der Waals surface area contributed by atoms with E-state index < -0.39 is 11.6 Å². The van der Waals surface area contributed by atoms with E-state index >= 15 is 0 Å². The summed E-state index contributed by atoms with van der Waals surface area (Å²) in [5.41, 5.74) is 4.10. The second kappa shape index (κ2) is 7.24. The number of rotatable bonds is 2. The topological polar surface area (TPSA) is 23.6 Å². The summed E-state index contributed by atoms with van der Waals surface area (Å²) in [6.45, 7) is 4.06. The molecule has 4 rings (SSSR count). The van der Waals surface area contributed by atoms with Gasteiger partial charge in [0.05, 0.1) is 0 Å². The number of fused-ring (bicyclic) bond motifs is 1. The number of allylic oxidation sites excluding steroid dienone is 1. The first-order valence-electron chi connectivity index (χ1n) is 9.28. The fraction of sp³-hybridized carbons (Fsp3) is 0.318. The Morgan fingerprint density at radius 3 is 2.44 bits per heavy atom.